The quantitative estimate of drug-likeness (QED) is 0.638. The monoisotopic (exact) mass is 225 g/mol. The van der Waals surface area contributed by atoms with Gasteiger partial charge in [0.05, 0.1) is 12.7 Å². The number of nitrogens with one attached hydrogen (secondary N) is 1. The Bertz CT molecular complexity index is 365. The molecule has 0 aliphatic rings. The summed E-state index contributed by atoms with van der Waals surface area (Å²) in [5.41, 5.74) is 0.193. The van der Waals surface area contributed by atoms with Gasteiger partial charge < -0.3 is 20.3 Å². The third-order valence-corrected chi connectivity index (χ3v) is 2.07. The molecule has 1 rings (SSSR count). The number of methoxy groups -OCH3 is 1. The molecule has 5 heteroatoms. The zero-order valence-corrected chi connectivity index (χ0v) is 9.06. The van der Waals surface area contributed by atoms with Crippen molar-refractivity contribution in [1.82, 2.24) is 5.32 Å². The van der Waals surface area contributed by atoms with E-state index in [2.05, 4.69) is 5.32 Å². The minimum Gasteiger partial charge on any atom is -0.507 e. The Kier molecular flexibility index (Phi) is 4.60. The normalized spacial score (nSPS) is 9.88. The van der Waals surface area contributed by atoms with Crippen LogP contribution in [0.15, 0.2) is 18.2 Å². The highest BCUT2D eigenvalue weighted by atomic mass is 16.5. The number of carbonyl (C=O) groups excluding carboxylic acids is 1. The Morgan fingerprint density at radius 1 is 1.50 bits per heavy atom. The van der Waals surface area contributed by atoms with Crippen molar-refractivity contribution in [3.05, 3.63) is 23.8 Å². The number of rotatable bonds is 5. The Morgan fingerprint density at radius 3 is 2.81 bits per heavy atom. The molecular weight excluding hydrogens is 210 g/mol. The van der Waals surface area contributed by atoms with E-state index in [-0.39, 0.29) is 23.8 Å². The van der Waals surface area contributed by atoms with Crippen molar-refractivity contribution in [3.63, 3.8) is 0 Å². The van der Waals surface area contributed by atoms with Crippen molar-refractivity contribution in [2.45, 2.75) is 6.42 Å². The van der Waals surface area contributed by atoms with Gasteiger partial charge in [0, 0.05) is 19.2 Å². The lowest BCUT2D eigenvalue weighted by atomic mass is 10.2. The van der Waals surface area contributed by atoms with Crippen molar-refractivity contribution >= 4 is 5.91 Å². The van der Waals surface area contributed by atoms with E-state index in [1.807, 2.05) is 0 Å². The third kappa shape index (κ3) is 3.13. The number of benzene rings is 1. The smallest absolute Gasteiger partial charge is 0.255 e. The van der Waals surface area contributed by atoms with Gasteiger partial charge in [-0.3, -0.25) is 4.79 Å². The molecule has 5 nitrogen and oxygen atoms in total. The van der Waals surface area contributed by atoms with Gasteiger partial charge in [-0.15, -0.1) is 0 Å². The first-order valence-electron chi connectivity index (χ1n) is 4.95. The molecule has 0 unspecified atom stereocenters. The highest BCUT2D eigenvalue weighted by Crippen LogP contribution is 2.22. The van der Waals surface area contributed by atoms with Gasteiger partial charge in [0.2, 0.25) is 0 Å². The third-order valence-electron chi connectivity index (χ3n) is 2.07. The van der Waals surface area contributed by atoms with Gasteiger partial charge in [-0.05, 0) is 18.6 Å². The van der Waals surface area contributed by atoms with Gasteiger partial charge in [-0.1, -0.05) is 0 Å². The number of phenolic OH excluding ortho intramolecular Hbond substituents is 1. The summed E-state index contributed by atoms with van der Waals surface area (Å²) in [7, 11) is 1.48. The predicted octanol–water partition coefficient (Wildman–Crippen LogP) is 0.513. The van der Waals surface area contributed by atoms with E-state index in [1.165, 1.54) is 19.2 Å². The summed E-state index contributed by atoms with van der Waals surface area (Å²) in [4.78, 5) is 11.5. The van der Waals surface area contributed by atoms with Gasteiger partial charge in [0.25, 0.3) is 5.91 Å². The highest BCUT2D eigenvalue weighted by Gasteiger charge is 2.10. The number of hydrogen-bond donors (Lipinski definition) is 3. The molecule has 0 saturated heterocycles. The molecule has 0 fully saturated rings. The summed E-state index contributed by atoms with van der Waals surface area (Å²) in [5.74, 6) is -0.00106. The molecule has 0 spiro atoms. The van der Waals surface area contributed by atoms with Gasteiger partial charge in [-0.25, -0.2) is 0 Å². The van der Waals surface area contributed by atoms with Crippen molar-refractivity contribution in [1.29, 1.82) is 0 Å². The maximum Gasteiger partial charge on any atom is 0.255 e. The van der Waals surface area contributed by atoms with Crippen LogP contribution >= 0.6 is 0 Å². The average Bonchev–Trinajstić information content (AvgIpc) is 2.29. The number of ether oxygens (including phenoxy) is 1. The van der Waals surface area contributed by atoms with Crippen LogP contribution in [0, 0.1) is 0 Å². The second kappa shape index (κ2) is 5.97. The van der Waals surface area contributed by atoms with Crippen molar-refractivity contribution in [3.8, 4) is 11.5 Å². The molecular formula is C11H15NO4. The molecule has 1 amide bonds. The van der Waals surface area contributed by atoms with Gasteiger partial charge in [-0.2, -0.15) is 0 Å². The standard InChI is InChI=1S/C11H15NO4/c1-16-8-3-4-9(10(14)7-8)11(15)12-5-2-6-13/h3-4,7,13-14H,2,5-6H2,1H3,(H,12,15). The summed E-state index contributed by atoms with van der Waals surface area (Å²) in [6.45, 7) is 0.398. The van der Waals surface area contributed by atoms with E-state index in [0.29, 0.717) is 18.7 Å². The van der Waals surface area contributed by atoms with Crippen LogP contribution in [0.4, 0.5) is 0 Å². The summed E-state index contributed by atoms with van der Waals surface area (Å²) in [5, 5.41) is 20.7. The Balaban J connectivity index is 2.68. The minimum atomic E-state index is -0.367. The minimum absolute atomic E-state index is 0.0227. The first kappa shape index (κ1) is 12.3. The van der Waals surface area contributed by atoms with Crippen LogP contribution in [0.1, 0.15) is 16.8 Å². The number of amides is 1. The number of aromatic hydroxyl groups is 1. The average molecular weight is 225 g/mol. The Morgan fingerprint density at radius 2 is 2.25 bits per heavy atom. The topological polar surface area (TPSA) is 78.8 Å². The van der Waals surface area contributed by atoms with Crippen LogP contribution in [-0.2, 0) is 0 Å². The Hall–Kier alpha value is -1.75. The van der Waals surface area contributed by atoms with E-state index < -0.39 is 0 Å². The van der Waals surface area contributed by atoms with Gasteiger partial charge >= 0.3 is 0 Å². The number of aliphatic hydroxyl groups excluding tert-OH is 1. The maximum absolute atomic E-state index is 11.5. The molecule has 0 radical (unpaired) electrons. The molecule has 88 valence electrons. The zero-order chi connectivity index (χ0) is 12.0. The van der Waals surface area contributed by atoms with E-state index in [1.54, 1.807) is 6.07 Å². The number of carbonyl (C=O) groups is 1. The molecule has 16 heavy (non-hydrogen) atoms. The highest BCUT2D eigenvalue weighted by molar-refractivity contribution is 5.96. The van der Waals surface area contributed by atoms with E-state index in [4.69, 9.17) is 9.84 Å². The molecule has 1 aromatic rings. The summed E-state index contributed by atoms with van der Waals surface area (Å²) in [6.07, 6.45) is 0.489. The second-order valence-corrected chi connectivity index (χ2v) is 3.22. The molecule has 1 aromatic carbocycles. The van der Waals surface area contributed by atoms with E-state index >= 15 is 0 Å². The summed E-state index contributed by atoms with van der Waals surface area (Å²) < 4.78 is 4.90. The molecule has 3 N–H and O–H groups in total. The fourth-order valence-corrected chi connectivity index (χ4v) is 1.21. The SMILES string of the molecule is COc1ccc(C(=O)NCCCO)c(O)c1. The molecule has 0 aromatic heterocycles. The van der Waals surface area contributed by atoms with Crippen molar-refractivity contribution in [2.75, 3.05) is 20.3 Å². The van der Waals surface area contributed by atoms with Crippen LogP contribution in [0.25, 0.3) is 0 Å². The predicted molar refractivity (Wildman–Crippen MR) is 58.7 cm³/mol. The van der Waals surface area contributed by atoms with E-state index in [9.17, 15) is 9.90 Å². The van der Waals surface area contributed by atoms with Crippen LogP contribution in [0.5, 0.6) is 11.5 Å². The zero-order valence-electron chi connectivity index (χ0n) is 9.06. The summed E-state index contributed by atoms with van der Waals surface area (Å²) >= 11 is 0. The molecule has 0 aliphatic heterocycles. The molecule has 0 bridgehead atoms. The Labute approximate surface area is 93.7 Å². The summed E-state index contributed by atoms with van der Waals surface area (Å²) in [6, 6.07) is 4.46. The van der Waals surface area contributed by atoms with Crippen LogP contribution < -0.4 is 10.1 Å². The van der Waals surface area contributed by atoms with Crippen LogP contribution in [0.3, 0.4) is 0 Å². The lowest BCUT2D eigenvalue weighted by Gasteiger charge is -2.07. The fourth-order valence-electron chi connectivity index (χ4n) is 1.21. The lowest BCUT2D eigenvalue weighted by molar-refractivity contribution is 0.0948. The molecule has 0 saturated carbocycles. The van der Waals surface area contributed by atoms with Crippen molar-refractivity contribution in [2.24, 2.45) is 0 Å². The molecule has 0 atom stereocenters. The fraction of sp³-hybridized carbons (Fsp3) is 0.364. The molecule has 0 heterocycles. The van der Waals surface area contributed by atoms with Gasteiger partial charge in [0.1, 0.15) is 11.5 Å². The van der Waals surface area contributed by atoms with Crippen LogP contribution in [0.2, 0.25) is 0 Å². The maximum atomic E-state index is 11.5. The number of aliphatic hydroxyl groups is 1. The lowest BCUT2D eigenvalue weighted by Crippen LogP contribution is -2.25. The van der Waals surface area contributed by atoms with E-state index in [0.717, 1.165) is 0 Å². The van der Waals surface area contributed by atoms with Crippen molar-refractivity contribution < 1.29 is 19.7 Å². The number of hydrogen-bond acceptors (Lipinski definition) is 4. The first-order chi connectivity index (χ1) is 7.69. The van der Waals surface area contributed by atoms with Crippen LogP contribution in [-0.4, -0.2) is 36.4 Å². The van der Waals surface area contributed by atoms with Gasteiger partial charge in [0.15, 0.2) is 0 Å². The largest absolute Gasteiger partial charge is 0.507 e. The molecule has 0 aliphatic carbocycles. The number of phenols is 1. The first-order valence-corrected chi connectivity index (χ1v) is 4.95. The second-order valence-electron chi connectivity index (χ2n) is 3.22.